The molecular weight excluding hydrogens is 625 g/mol. The Morgan fingerprint density at radius 3 is 2.44 bits per heavy atom. The smallest absolute Gasteiger partial charge is 0.416 e. The summed E-state index contributed by atoms with van der Waals surface area (Å²) in [5.74, 6) is -5.16. The van der Waals surface area contributed by atoms with Crippen molar-refractivity contribution in [1.29, 1.82) is 0 Å². The number of hydrogen-bond acceptors (Lipinski definition) is 7. The van der Waals surface area contributed by atoms with E-state index in [-0.39, 0.29) is 28.4 Å². The maximum Gasteiger partial charge on any atom is 0.416 e. The van der Waals surface area contributed by atoms with Gasteiger partial charge in [0.1, 0.15) is 23.2 Å². The Morgan fingerprint density at radius 2 is 1.88 bits per heavy atom. The molecule has 10 nitrogen and oxygen atoms in total. The molecule has 2 N–H and O–H groups in total. The van der Waals surface area contributed by atoms with Crippen LogP contribution >= 0.6 is 15.9 Å². The third kappa shape index (κ3) is 6.48. The normalized spacial score (nSPS) is 12.3. The molecule has 2 amide bonds. The SMILES string of the molecule is Cn1cncc1CN(CC(Oc1ccc(F)c(C(N)=O)c1F)c1nc(-c2ccc(C(F)(F)F)cc2)c(Br)o1)C(=O)[O-]. The molecule has 0 spiro atoms. The second-order valence-electron chi connectivity index (χ2n) is 8.60. The first-order valence-corrected chi connectivity index (χ1v) is 12.2. The highest BCUT2D eigenvalue weighted by Crippen LogP contribution is 2.36. The average molecular weight is 643 g/mol. The number of carboxylic acid groups (broad SMARTS) is 1. The van der Waals surface area contributed by atoms with Gasteiger partial charge in [-0.05, 0) is 40.2 Å². The zero-order valence-corrected chi connectivity index (χ0v) is 22.4. The highest BCUT2D eigenvalue weighted by Gasteiger charge is 2.31. The number of rotatable bonds is 9. The topological polar surface area (TPSA) is 140 Å². The molecule has 2 aromatic carbocycles. The van der Waals surface area contributed by atoms with E-state index in [4.69, 9.17) is 14.9 Å². The maximum absolute atomic E-state index is 15.0. The molecule has 0 bridgehead atoms. The second kappa shape index (κ2) is 11.6. The van der Waals surface area contributed by atoms with Gasteiger partial charge in [-0.3, -0.25) is 4.79 Å². The van der Waals surface area contributed by atoms with Crippen LogP contribution in [0.3, 0.4) is 0 Å². The van der Waals surface area contributed by atoms with Gasteiger partial charge in [-0.2, -0.15) is 13.2 Å². The molecular formula is C25H18BrF5N5O5-. The number of halogens is 6. The number of nitrogens with two attached hydrogens (primary N) is 1. The van der Waals surface area contributed by atoms with E-state index < -0.39 is 59.3 Å². The van der Waals surface area contributed by atoms with Gasteiger partial charge in [0.15, 0.2) is 22.3 Å². The first-order chi connectivity index (χ1) is 19.3. The number of imidazole rings is 1. The van der Waals surface area contributed by atoms with Crippen LogP contribution in [0.15, 0.2) is 58.0 Å². The van der Waals surface area contributed by atoms with Crippen LogP contribution < -0.4 is 15.6 Å². The number of alkyl halides is 3. The molecule has 1 unspecified atom stereocenters. The summed E-state index contributed by atoms with van der Waals surface area (Å²) in [6, 6.07) is 5.51. The fraction of sp³-hybridized carbons (Fsp3) is 0.200. The lowest BCUT2D eigenvalue weighted by molar-refractivity contribution is -0.267. The molecule has 0 radical (unpaired) electrons. The number of primary amides is 1. The zero-order valence-electron chi connectivity index (χ0n) is 20.8. The van der Waals surface area contributed by atoms with Crippen LogP contribution in [-0.4, -0.2) is 38.0 Å². The fourth-order valence-corrected chi connectivity index (χ4v) is 4.24. The van der Waals surface area contributed by atoms with Gasteiger partial charge in [0.05, 0.1) is 30.7 Å². The van der Waals surface area contributed by atoms with Crippen LogP contribution in [0.25, 0.3) is 11.3 Å². The Labute approximate surface area is 236 Å². The van der Waals surface area contributed by atoms with Gasteiger partial charge in [-0.15, -0.1) is 0 Å². The number of aryl methyl sites for hydroxylation is 1. The van der Waals surface area contributed by atoms with E-state index >= 15 is 4.39 Å². The van der Waals surface area contributed by atoms with Crippen LogP contribution in [-0.2, 0) is 19.8 Å². The van der Waals surface area contributed by atoms with Crippen molar-refractivity contribution in [3.63, 3.8) is 0 Å². The zero-order chi connectivity index (χ0) is 30.1. The quantitative estimate of drug-likeness (QED) is 0.270. The standard InChI is InChI=1S/C25H19BrF5N5O5/c1-35-11-33-8-14(35)9-36(24(38)39)10-17(40-16-7-6-15(27)18(19(16)28)22(32)37)23-34-20(21(26)41-23)12-2-4-13(5-3-12)25(29,30)31/h2-8,11,17H,9-10H2,1H3,(H2,32,37)(H,38,39)/p-1. The van der Waals surface area contributed by atoms with Crippen molar-refractivity contribution in [2.24, 2.45) is 12.8 Å². The molecule has 216 valence electrons. The van der Waals surface area contributed by atoms with Crippen LogP contribution in [0.4, 0.5) is 26.7 Å². The summed E-state index contributed by atoms with van der Waals surface area (Å²) < 4.78 is 80.8. The Hall–Kier alpha value is -4.47. The highest BCUT2D eigenvalue weighted by molar-refractivity contribution is 9.10. The number of carbonyl (C=O) groups excluding carboxylic acids is 2. The number of amides is 2. The third-order valence-corrected chi connectivity index (χ3v) is 6.39. The number of carbonyl (C=O) groups is 2. The summed E-state index contributed by atoms with van der Waals surface area (Å²) in [6.07, 6.45) is -4.95. The van der Waals surface area contributed by atoms with E-state index in [1.54, 1.807) is 7.05 Å². The second-order valence-corrected chi connectivity index (χ2v) is 9.32. The van der Waals surface area contributed by atoms with E-state index in [0.29, 0.717) is 5.69 Å². The van der Waals surface area contributed by atoms with Crippen LogP contribution in [0, 0.1) is 11.6 Å². The summed E-state index contributed by atoms with van der Waals surface area (Å²) >= 11 is 3.13. The lowest BCUT2D eigenvalue weighted by Crippen LogP contribution is -2.44. The van der Waals surface area contributed by atoms with Crippen molar-refractivity contribution < 1.29 is 45.8 Å². The number of oxazole rings is 1. The van der Waals surface area contributed by atoms with E-state index in [2.05, 4.69) is 25.9 Å². The van der Waals surface area contributed by atoms with Crippen molar-refractivity contribution in [3.05, 3.63) is 87.9 Å². The number of hydrogen-bond donors (Lipinski definition) is 1. The summed E-state index contributed by atoms with van der Waals surface area (Å²) in [6.45, 7) is -0.847. The van der Waals surface area contributed by atoms with E-state index in [0.717, 1.165) is 41.3 Å². The van der Waals surface area contributed by atoms with Gasteiger partial charge in [-0.1, -0.05) is 12.1 Å². The monoisotopic (exact) mass is 642 g/mol. The number of aromatic nitrogens is 3. The molecule has 0 aliphatic heterocycles. The van der Waals surface area contributed by atoms with Crippen molar-refractivity contribution in [1.82, 2.24) is 19.4 Å². The molecule has 41 heavy (non-hydrogen) atoms. The molecule has 4 rings (SSSR count). The highest BCUT2D eigenvalue weighted by atomic mass is 79.9. The van der Waals surface area contributed by atoms with Crippen molar-refractivity contribution in [2.45, 2.75) is 18.8 Å². The van der Waals surface area contributed by atoms with Crippen LogP contribution in [0.1, 0.15) is 33.6 Å². The first-order valence-electron chi connectivity index (χ1n) is 11.5. The summed E-state index contributed by atoms with van der Waals surface area (Å²) in [4.78, 5) is 32.5. The molecule has 1 atom stereocenters. The lowest BCUT2D eigenvalue weighted by Gasteiger charge is -2.28. The van der Waals surface area contributed by atoms with Crippen molar-refractivity contribution in [2.75, 3.05) is 6.54 Å². The molecule has 0 saturated heterocycles. The Morgan fingerprint density at radius 1 is 1.20 bits per heavy atom. The van der Waals surface area contributed by atoms with E-state index in [1.807, 2.05) is 0 Å². The minimum Gasteiger partial charge on any atom is -0.530 e. The largest absolute Gasteiger partial charge is 0.530 e. The third-order valence-electron chi connectivity index (χ3n) is 5.85. The molecule has 0 aliphatic carbocycles. The Bertz CT molecular complexity index is 1590. The van der Waals surface area contributed by atoms with E-state index in [9.17, 15) is 32.3 Å². The summed E-state index contributed by atoms with van der Waals surface area (Å²) in [5, 5.41) is 12.0. The van der Waals surface area contributed by atoms with Gasteiger partial charge >= 0.3 is 6.18 Å². The molecule has 2 aromatic heterocycles. The van der Waals surface area contributed by atoms with E-state index in [1.165, 1.54) is 17.1 Å². The minimum absolute atomic E-state index is 0.0198. The first kappa shape index (κ1) is 29.5. The van der Waals surface area contributed by atoms with Gasteiger partial charge in [0.25, 0.3) is 5.91 Å². The molecule has 0 fully saturated rings. The van der Waals surface area contributed by atoms with Crippen molar-refractivity contribution >= 4 is 27.9 Å². The van der Waals surface area contributed by atoms with Gasteiger partial charge < -0.3 is 34.3 Å². The van der Waals surface area contributed by atoms with Gasteiger partial charge in [0.2, 0.25) is 5.89 Å². The van der Waals surface area contributed by atoms with Gasteiger partial charge in [-0.25, -0.2) is 18.7 Å². The lowest BCUT2D eigenvalue weighted by atomic mass is 10.1. The predicted octanol–water partition coefficient (Wildman–Crippen LogP) is 4.20. The summed E-state index contributed by atoms with van der Waals surface area (Å²) in [5.41, 5.74) is 3.73. The van der Waals surface area contributed by atoms with Crippen LogP contribution in [0.2, 0.25) is 0 Å². The van der Waals surface area contributed by atoms with Gasteiger partial charge in [0, 0.05) is 18.8 Å². The maximum atomic E-state index is 15.0. The summed E-state index contributed by atoms with van der Waals surface area (Å²) in [7, 11) is 1.62. The fourth-order valence-electron chi connectivity index (χ4n) is 3.76. The van der Waals surface area contributed by atoms with Crippen LogP contribution in [0.5, 0.6) is 5.75 Å². The predicted molar refractivity (Wildman–Crippen MR) is 132 cm³/mol. The Balaban J connectivity index is 1.74. The minimum atomic E-state index is -4.57. The number of benzene rings is 2. The molecule has 0 aliphatic rings. The molecule has 4 aromatic rings. The molecule has 2 heterocycles. The number of nitrogens with zero attached hydrogens (tertiary/aromatic N) is 4. The molecule has 0 saturated carbocycles. The number of ether oxygens (including phenoxy) is 1. The average Bonchev–Trinajstić information content (AvgIpc) is 3.48. The molecule has 16 heteroatoms. The Kier molecular flexibility index (Phi) is 8.32. The van der Waals surface area contributed by atoms with Crippen molar-refractivity contribution in [3.8, 4) is 17.0 Å².